The normalized spacial score (nSPS) is 13.7. The van der Waals surface area contributed by atoms with E-state index in [4.69, 9.17) is 4.42 Å². The maximum Gasteiger partial charge on any atom is 0.234 e. The average molecular weight is 382 g/mol. The molecule has 3 aromatic rings. The van der Waals surface area contributed by atoms with Crippen LogP contribution in [0.2, 0.25) is 0 Å². The standard InChI is InChI=1S/C20H22N4O2S/c1-2-14-5-3-6-16(11-14)21-18(25)13-27-20-23-22-19(15-8-9-15)24(20)12-17-7-4-10-26-17/h3-7,10-11,15H,2,8-9,12-13H2,1H3,(H,21,25). The number of rotatable bonds is 8. The first-order valence-electron chi connectivity index (χ1n) is 9.20. The van der Waals surface area contributed by atoms with E-state index >= 15 is 0 Å². The minimum Gasteiger partial charge on any atom is -0.467 e. The van der Waals surface area contributed by atoms with Crippen molar-refractivity contribution in [3.05, 3.63) is 59.8 Å². The zero-order valence-corrected chi connectivity index (χ0v) is 16.0. The molecular weight excluding hydrogens is 360 g/mol. The van der Waals surface area contributed by atoms with Crippen LogP contribution in [0, 0.1) is 0 Å². The van der Waals surface area contributed by atoms with Crippen LogP contribution >= 0.6 is 11.8 Å². The summed E-state index contributed by atoms with van der Waals surface area (Å²) < 4.78 is 7.55. The maximum absolute atomic E-state index is 12.4. The molecule has 6 nitrogen and oxygen atoms in total. The molecule has 1 fully saturated rings. The molecule has 4 rings (SSSR count). The quantitative estimate of drug-likeness (QED) is 0.594. The van der Waals surface area contributed by atoms with E-state index < -0.39 is 0 Å². The van der Waals surface area contributed by atoms with E-state index in [1.807, 2.05) is 30.3 Å². The molecule has 2 aromatic heterocycles. The van der Waals surface area contributed by atoms with E-state index in [1.54, 1.807) is 6.26 Å². The summed E-state index contributed by atoms with van der Waals surface area (Å²) in [4.78, 5) is 12.4. The molecule has 1 aromatic carbocycles. The van der Waals surface area contributed by atoms with E-state index in [0.29, 0.717) is 12.5 Å². The second-order valence-electron chi connectivity index (χ2n) is 6.67. The minimum atomic E-state index is -0.0474. The van der Waals surface area contributed by atoms with Crippen LogP contribution in [-0.2, 0) is 17.8 Å². The Labute approximate surface area is 162 Å². The third-order valence-corrected chi connectivity index (χ3v) is 5.50. The lowest BCUT2D eigenvalue weighted by atomic mass is 10.1. The Balaban J connectivity index is 1.42. The number of carbonyl (C=O) groups is 1. The highest BCUT2D eigenvalue weighted by molar-refractivity contribution is 7.99. The van der Waals surface area contributed by atoms with E-state index in [0.717, 1.165) is 41.7 Å². The summed E-state index contributed by atoms with van der Waals surface area (Å²) in [7, 11) is 0. The molecule has 7 heteroatoms. The van der Waals surface area contributed by atoms with Gasteiger partial charge in [0.25, 0.3) is 0 Å². The van der Waals surface area contributed by atoms with Crippen molar-refractivity contribution in [3.8, 4) is 0 Å². The lowest BCUT2D eigenvalue weighted by molar-refractivity contribution is -0.113. The van der Waals surface area contributed by atoms with Gasteiger partial charge in [0.05, 0.1) is 18.6 Å². The molecule has 1 aliphatic rings. The minimum absolute atomic E-state index is 0.0474. The predicted octanol–water partition coefficient (Wildman–Crippen LogP) is 4.09. The fourth-order valence-corrected chi connectivity index (χ4v) is 3.70. The summed E-state index contributed by atoms with van der Waals surface area (Å²) in [5.74, 6) is 2.57. The van der Waals surface area contributed by atoms with E-state index in [9.17, 15) is 4.79 Å². The summed E-state index contributed by atoms with van der Waals surface area (Å²) in [6.45, 7) is 2.69. The molecule has 0 aliphatic heterocycles. The van der Waals surface area contributed by atoms with Crippen LogP contribution in [0.5, 0.6) is 0 Å². The van der Waals surface area contributed by atoms with Crippen molar-refractivity contribution in [2.45, 2.75) is 43.8 Å². The molecule has 140 valence electrons. The zero-order valence-electron chi connectivity index (χ0n) is 15.2. The van der Waals surface area contributed by atoms with Gasteiger partial charge in [-0.05, 0) is 49.1 Å². The van der Waals surface area contributed by atoms with Crippen molar-refractivity contribution in [1.29, 1.82) is 0 Å². The van der Waals surface area contributed by atoms with Gasteiger partial charge in [0, 0.05) is 11.6 Å². The second-order valence-corrected chi connectivity index (χ2v) is 7.61. The molecule has 0 bridgehead atoms. The van der Waals surface area contributed by atoms with Gasteiger partial charge in [0.1, 0.15) is 11.6 Å². The summed E-state index contributed by atoms with van der Waals surface area (Å²) in [6, 6.07) is 11.8. The van der Waals surface area contributed by atoms with Crippen LogP contribution in [0.15, 0.2) is 52.2 Å². The lowest BCUT2D eigenvalue weighted by Crippen LogP contribution is -2.15. The van der Waals surface area contributed by atoms with Gasteiger partial charge in [-0.3, -0.25) is 9.36 Å². The number of hydrogen-bond acceptors (Lipinski definition) is 5. The van der Waals surface area contributed by atoms with Crippen molar-refractivity contribution in [2.75, 3.05) is 11.1 Å². The van der Waals surface area contributed by atoms with Gasteiger partial charge < -0.3 is 9.73 Å². The number of carbonyl (C=O) groups excluding carboxylic acids is 1. The topological polar surface area (TPSA) is 73.0 Å². The fourth-order valence-electron chi connectivity index (χ4n) is 2.95. The summed E-state index contributed by atoms with van der Waals surface area (Å²) in [5.41, 5.74) is 2.03. The number of hydrogen-bond donors (Lipinski definition) is 1. The first-order valence-corrected chi connectivity index (χ1v) is 10.2. The van der Waals surface area contributed by atoms with E-state index in [1.165, 1.54) is 17.3 Å². The molecule has 1 amide bonds. The van der Waals surface area contributed by atoms with Gasteiger partial charge in [-0.25, -0.2) is 0 Å². The van der Waals surface area contributed by atoms with Crippen molar-refractivity contribution >= 4 is 23.4 Å². The molecule has 0 atom stereocenters. The van der Waals surface area contributed by atoms with Crippen molar-refractivity contribution in [2.24, 2.45) is 0 Å². The number of thioether (sulfide) groups is 1. The highest BCUT2D eigenvalue weighted by Gasteiger charge is 2.30. The van der Waals surface area contributed by atoms with Crippen LogP contribution in [0.25, 0.3) is 0 Å². The molecule has 27 heavy (non-hydrogen) atoms. The lowest BCUT2D eigenvalue weighted by Gasteiger charge is -2.09. The van der Waals surface area contributed by atoms with Crippen LogP contribution < -0.4 is 5.32 Å². The van der Waals surface area contributed by atoms with Gasteiger partial charge in [0.15, 0.2) is 5.16 Å². The average Bonchev–Trinajstić information content (AvgIpc) is 3.24. The zero-order chi connectivity index (χ0) is 18.6. The van der Waals surface area contributed by atoms with Gasteiger partial charge in [-0.1, -0.05) is 30.8 Å². The number of furan rings is 1. The van der Waals surface area contributed by atoms with Gasteiger partial charge in [0.2, 0.25) is 5.91 Å². The highest BCUT2D eigenvalue weighted by atomic mass is 32.2. The number of amides is 1. The van der Waals surface area contributed by atoms with Gasteiger partial charge in [-0.2, -0.15) is 0 Å². The fraction of sp³-hybridized carbons (Fsp3) is 0.350. The molecule has 1 saturated carbocycles. The number of benzene rings is 1. The van der Waals surface area contributed by atoms with Crippen LogP contribution in [-0.4, -0.2) is 26.4 Å². The molecular formula is C20H22N4O2S. The molecule has 2 heterocycles. The number of nitrogens with one attached hydrogen (secondary N) is 1. The van der Waals surface area contributed by atoms with Crippen LogP contribution in [0.4, 0.5) is 5.69 Å². The Morgan fingerprint density at radius 3 is 2.93 bits per heavy atom. The summed E-state index contributed by atoms with van der Waals surface area (Å²) in [5, 5.41) is 12.4. The molecule has 0 unspecified atom stereocenters. The van der Waals surface area contributed by atoms with Gasteiger partial charge >= 0.3 is 0 Å². The first kappa shape index (κ1) is 17.9. The maximum atomic E-state index is 12.4. The molecule has 1 N–H and O–H groups in total. The highest BCUT2D eigenvalue weighted by Crippen LogP contribution is 2.40. The van der Waals surface area contributed by atoms with Crippen molar-refractivity contribution in [3.63, 3.8) is 0 Å². The SMILES string of the molecule is CCc1cccc(NC(=O)CSc2nnc(C3CC3)n2Cc2ccco2)c1. The van der Waals surface area contributed by atoms with Crippen LogP contribution in [0.3, 0.4) is 0 Å². The molecule has 0 radical (unpaired) electrons. The monoisotopic (exact) mass is 382 g/mol. The Kier molecular flexibility index (Phi) is 5.29. The Bertz CT molecular complexity index is 916. The predicted molar refractivity (Wildman–Crippen MR) is 105 cm³/mol. The third kappa shape index (κ3) is 4.42. The first-order chi connectivity index (χ1) is 13.2. The Hall–Kier alpha value is -2.54. The van der Waals surface area contributed by atoms with Crippen molar-refractivity contribution in [1.82, 2.24) is 14.8 Å². The summed E-state index contributed by atoms with van der Waals surface area (Å²) >= 11 is 1.41. The number of aryl methyl sites for hydroxylation is 1. The largest absolute Gasteiger partial charge is 0.467 e. The second kappa shape index (κ2) is 8.00. The van der Waals surface area contributed by atoms with Gasteiger partial charge in [-0.15, -0.1) is 10.2 Å². The molecule has 1 aliphatic carbocycles. The number of anilines is 1. The van der Waals surface area contributed by atoms with E-state index in [2.05, 4.69) is 33.1 Å². The Morgan fingerprint density at radius 1 is 1.30 bits per heavy atom. The number of aromatic nitrogens is 3. The summed E-state index contributed by atoms with van der Waals surface area (Å²) in [6.07, 6.45) is 4.91. The smallest absolute Gasteiger partial charge is 0.234 e. The molecule has 0 spiro atoms. The van der Waals surface area contributed by atoms with E-state index in [-0.39, 0.29) is 11.7 Å². The number of nitrogens with zero attached hydrogens (tertiary/aromatic N) is 3. The van der Waals surface area contributed by atoms with Crippen LogP contribution in [0.1, 0.15) is 42.8 Å². The van der Waals surface area contributed by atoms with Crippen molar-refractivity contribution < 1.29 is 9.21 Å². The Morgan fingerprint density at radius 2 is 2.19 bits per heavy atom. The molecule has 0 saturated heterocycles. The third-order valence-electron chi connectivity index (χ3n) is 4.53.